The van der Waals surface area contributed by atoms with Gasteiger partial charge in [-0.25, -0.2) is 9.97 Å². The number of pyridine rings is 2. The maximum Gasteiger partial charge on any atom is 0.212 e. The molecule has 3 aromatic rings. The minimum atomic E-state index is 0.564. The Balaban J connectivity index is 0.000000196. The average Bonchev–Trinajstić information content (AvgIpc) is 2.63. The molecule has 25 heavy (non-hydrogen) atoms. The molecule has 2 aromatic heterocycles. The predicted octanol–water partition coefficient (Wildman–Crippen LogP) is 4.97. The largest absolute Gasteiger partial charge is 0.313 e. The Bertz CT molecular complexity index is 865. The maximum atomic E-state index is 9.98. The van der Waals surface area contributed by atoms with Crippen LogP contribution >= 0.6 is 11.6 Å². The molecule has 2 heterocycles. The number of nitrogens with one attached hydrogen (secondary N) is 1. The Morgan fingerprint density at radius 1 is 1.12 bits per heavy atom. The van der Waals surface area contributed by atoms with E-state index in [-0.39, 0.29) is 0 Å². The molecular formula is C20H22ClN3O. The molecule has 0 unspecified atom stereocenters. The minimum Gasteiger partial charge on any atom is -0.313 e. The van der Waals surface area contributed by atoms with Crippen LogP contribution in [-0.2, 0) is 17.6 Å². The second-order valence-electron chi connectivity index (χ2n) is 5.59. The predicted molar refractivity (Wildman–Crippen MR) is 104 cm³/mol. The van der Waals surface area contributed by atoms with E-state index in [0.717, 1.165) is 23.9 Å². The summed E-state index contributed by atoms with van der Waals surface area (Å²) in [4.78, 5) is 18.2. The van der Waals surface area contributed by atoms with Gasteiger partial charge in [0, 0.05) is 11.6 Å². The summed E-state index contributed by atoms with van der Waals surface area (Å²) in [5.41, 5.74) is 4.75. The van der Waals surface area contributed by atoms with Gasteiger partial charge in [0.05, 0.1) is 5.52 Å². The van der Waals surface area contributed by atoms with E-state index in [1.54, 1.807) is 6.20 Å². The fourth-order valence-electron chi connectivity index (χ4n) is 2.59. The molecule has 0 radical (unpaired) electrons. The van der Waals surface area contributed by atoms with Gasteiger partial charge in [0.2, 0.25) is 6.41 Å². The van der Waals surface area contributed by atoms with E-state index in [4.69, 9.17) is 11.6 Å². The lowest BCUT2D eigenvalue weighted by Gasteiger charge is -2.07. The van der Waals surface area contributed by atoms with Crippen molar-refractivity contribution in [3.8, 4) is 0 Å². The third-order valence-electron chi connectivity index (χ3n) is 3.94. The Kier molecular flexibility index (Phi) is 6.90. The Hall–Kier alpha value is -2.46. The van der Waals surface area contributed by atoms with Gasteiger partial charge in [-0.2, -0.15) is 0 Å². The van der Waals surface area contributed by atoms with Crippen LogP contribution in [-0.4, -0.2) is 16.4 Å². The SMILES string of the molecule is CCc1cc2ccc(Cl)nc2cc1CC.Cc1cccnc1NC=O. The van der Waals surface area contributed by atoms with Gasteiger partial charge in [-0.3, -0.25) is 4.79 Å². The molecule has 0 spiro atoms. The molecular weight excluding hydrogens is 334 g/mol. The number of halogens is 1. The van der Waals surface area contributed by atoms with Gasteiger partial charge >= 0.3 is 0 Å². The molecule has 0 atom stereocenters. The van der Waals surface area contributed by atoms with Crippen molar-refractivity contribution in [2.24, 2.45) is 0 Å². The van der Waals surface area contributed by atoms with Gasteiger partial charge in [-0.15, -0.1) is 0 Å². The molecule has 1 amide bonds. The normalized spacial score (nSPS) is 10.1. The standard InChI is InChI=1S/C13H14ClN.C7H8N2O/c1-3-9-7-11-5-6-13(14)15-12(11)8-10(9)4-2;1-6-3-2-4-8-7(6)9-5-10/h5-8H,3-4H2,1-2H3;2-5H,1H3,(H,8,9,10). The van der Waals surface area contributed by atoms with E-state index in [9.17, 15) is 4.79 Å². The van der Waals surface area contributed by atoms with Crippen molar-refractivity contribution in [1.29, 1.82) is 0 Å². The van der Waals surface area contributed by atoms with E-state index < -0.39 is 0 Å². The summed E-state index contributed by atoms with van der Waals surface area (Å²) >= 11 is 5.88. The van der Waals surface area contributed by atoms with Crippen LogP contribution in [0.15, 0.2) is 42.6 Å². The summed E-state index contributed by atoms with van der Waals surface area (Å²) in [6, 6.07) is 12.0. The molecule has 4 nitrogen and oxygen atoms in total. The second kappa shape index (κ2) is 9.14. The fraction of sp³-hybridized carbons (Fsp3) is 0.250. The Morgan fingerprint density at radius 2 is 1.84 bits per heavy atom. The van der Waals surface area contributed by atoms with E-state index >= 15 is 0 Å². The number of hydrogen-bond donors (Lipinski definition) is 1. The van der Waals surface area contributed by atoms with Gasteiger partial charge in [0.25, 0.3) is 0 Å². The topological polar surface area (TPSA) is 54.9 Å². The lowest BCUT2D eigenvalue weighted by Crippen LogP contribution is -1.98. The van der Waals surface area contributed by atoms with Gasteiger partial charge in [-0.05, 0) is 66.8 Å². The van der Waals surface area contributed by atoms with Crippen LogP contribution in [0.4, 0.5) is 5.82 Å². The fourth-order valence-corrected chi connectivity index (χ4v) is 2.74. The molecule has 0 aliphatic rings. The molecule has 0 saturated carbocycles. The van der Waals surface area contributed by atoms with E-state index in [2.05, 4.69) is 41.3 Å². The van der Waals surface area contributed by atoms with Crippen molar-refractivity contribution in [2.45, 2.75) is 33.6 Å². The maximum absolute atomic E-state index is 9.98. The number of aryl methyl sites for hydroxylation is 3. The number of benzene rings is 1. The van der Waals surface area contributed by atoms with Crippen molar-refractivity contribution in [2.75, 3.05) is 5.32 Å². The highest BCUT2D eigenvalue weighted by Gasteiger charge is 2.03. The zero-order valence-electron chi connectivity index (χ0n) is 14.7. The number of nitrogens with zero attached hydrogens (tertiary/aromatic N) is 2. The lowest BCUT2D eigenvalue weighted by molar-refractivity contribution is -0.105. The van der Waals surface area contributed by atoms with Gasteiger partial charge in [-0.1, -0.05) is 31.5 Å². The van der Waals surface area contributed by atoms with Crippen molar-refractivity contribution >= 4 is 34.7 Å². The first-order chi connectivity index (χ1) is 12.1. The number of amides is 1. The monoisotopic (exact) mass is 355 g/mol. The van der Waals surface area contributed by atoms with Crippen LogP contribution in [0.2, 0.25) is 5.15 Å². The van der Waals surface area contributed by atoms with E-state index in [1.165, 1.54) is 16.5 Å². The number of carbonyl (C=O) groups excluding carboxylic acids is 1. The number of carbonyl (C=O) groups is 1. The Morgan fingerprint density at radius 3 is 2.48 bits per heavy atom. The number of rotatable bonds is 4. The summed E-state index contributed by atoms with van der Waals surface area (Å²) in [7, 11) is 0. The average molecular weight is 356 g/mol. The zero-order chi connectivity index (χ0) is 18.2. The Labute approximate surface area is 153 Å². The number of aromatic nitrogens is 2. The first-order valence-corrected chi connectivity index (χ1v) is 8.66. The smallest absolute Gasteiger partial charge is 0.212 e. The molecule has 0 aliphatic carbocycles. The third kappa shape index (κ3) is 5.00. The molecule has 0 saturated heterocycles. The number of anilines is 1. The van der Waals surface area contributed by atoms with Crippen LogP contribution in [0.5, 0.6) is 0 Å². The van der Waals surface area contributed by atoms with E-state index in [0.29, 0.717) is 17.4 Å². The molecule has 0 bridgehead atoms. The van der Waals surface area contributed by atoms with Crippen molar-refractivity contribution in [3.63, 3.8) is 0 Å². The first kappa shape index (κ1) is 18.9. The van der Waals surface area contributed by atoms with Gasteiger partial charge in [0.1, 0.15) is 11.0 Å². The van der Waals surface area contributed by atoms with Crippen molar-refractivity contribution < 1.29 is 4.79 Å². The molecule has 0 aliphatic heterocycles. The van der Waals surface area contributed by atoms with Crippen LogP contribution in [0, 0.1) is 6.92 Å². The van der Waals surface area contributed by atoms with Gasteiger partial charge in [0.15, 0.2) is 0 Å². The zero-order valence-corrected chi connectivity index (χ0v) is 15.5. The summed E-state index contributed by atoms with van der Waals surface area (Å²) in [6.07, 6.45) is 4.38. The molecule has 5 heteroatoms. The first-order valence-electron chi connectivity index (χ1n) is 8.28. The second-order valence-corrected chi connectivity index (χ2v) is 5.97. The highest BCUT2D eigenvalue weighted by molar-refractivity contribution is 6.29. The van der Waals surface area contributed by atoms with Crippen LogP contribution in [0.25, 0.3) is 10.9 Å². The molecule has 0 fully saturated rings. The lowest BCUT2D eigenvalue weighted by atomic mass is 10.0. The molecule has 3 rings (SSSR count). The van der Waals surface area contributed by atoms with Gasteiger partial charge < -0.3 is 5.32 Å². The molecule has 1 aromatic carbocycles. The summed E-state index contributed by atoms with van der Waals surface area (Å²) in [6.45, 7) is 6.24. The molecule has 1 N–H and O–H groups in total. The summed E-state index contributed by atoms with van der Waals surface area (Å²) < 4.78 is 0. The van der Waals surface area contributed by atoms with Crippen LogP contribution < -0.4 is 5.32 Å². The minimum absolute atomic E-state index is 0.564. The number of hydrogen-bond acceptors (Lipinski definition) is 3. The quantitative estimate of drug-likeness (QED) is 0.531. The van der Waals surface area contributed by atoms with E-state index in [1.807, 2.05) is 31.2 Å². The van der Waals surface area contributed by atoms with Crippen molar-refractivity contribution in [1.82, 2.24) is 9.97 Å². The highest BCUT2D eigenvalue weighted by Crippen LogP contribution is 2.21. The summed E-state index contributed by atoms with van der Waals surface area (Å²) in [5.74, 6) is 0.623. The molecule has 130 valence electrons. The van der Waals surface area contributed by atoms with Crippen LogP contribution in [0.3, 0.4) is 0 Å². The van der Waals surface area contributed by atoms with Crippen molar-refractivity contribution in [3.05, 3.63) is 64.4 Å². The summed E-state index contributed by atoms with van der Waals surface area (Å²) in [5, 5.41) is 4.22. The van der Waals surface area contributed by atoms with Crippen LogP contribution in [0.1, 0.15) is 30.5 Å². The number of fused-ring (bicyclic) bond motifs is 1. The third-order valence-corrected chi connectivity index (χ3v) is 4.15. The highest BCUT2D eigenvalue weighted by atomic mass is 35.5.